The van der Waals surface area contributed by atoms with Crippen molar-refractivity contribution in [2.75, 3.05) is 26.2 Å². The van der Waals surface area contributed by atoms with E-state index < -0.39 is 31.0 Å². The van der Waals surface area contributed by atoms with E-state index in [2.05, 4.69) is 20.1 Å². The van der Waals surface area contributed by atoms with Gasteiger partial charge in [0.05, 0.1) is 17.9 Å². The predicted molar refractivity (Wildman–Crippen MR) is 132 cm³/mol. The number of carbonyl (C=O) groups is 2. The summed E-state index contributed by atoms with van der Waals surface area (Å²) in [5, 5.41) is 8.02. The molecular weight excluding hydrogens is 520 g/mol. The van der Waals surface area contributed by atoms with E-state index in [4.69, 9.17) is 5.73 Å². The molecule has 0 bridgehead atoms. The van der Waals surface area contributed by atoms with Crippen molar-refractivity contribution < 1.29 is 27.2 Å². The van der Waals surface area contributed by atoms with Gasteiger partial charge in [0, 0.05) is 68.2 Å². The van der Waals surface area contributed by atoms with Crippen molar-refractivity contribution >= 4 is 11.8 Å². The number of alkyl halides is 4. The van der Waals surface area contributed by atoms with Crippen LogP contribution in [0.5, 0.6) is 0 Å². The van der Waals surface area contributed by atoms with Crippen LogP contribution in [-0.4, -0.2) is 84.8 Å². The van der Waals surface area contributed by atoms with Gasteiger partial charge in [-0.15, -0.1) is 0 Å². The summed E-state index contributed by atoms with van der Waals surface area (Å²) in [6.45, 7) is 3.64. The third-order valence-corrected chi connectivity index (χ3v) is 7.33. The summed E-state index contributed by atoms with van der Waals surface area (Å²) in [6, 6.07) is 3.16. The van der Waals surface area contributed by atoms with E-state index in [-0.39, 0.29) is 34.5 Å². The Balaban J connectivity index is 1.36. The second kappa shape index (κ2) is 10.8. The summed E-state index contributed by atoms with van der Waals surface area (Å²) in [7, 11) is 0. The standard InChI is InChI=1S/C25H28F4N8O2/c1-14(38)34-6-4-16(5-7-34)35-10-17(11-35)37-12-19(22(33-37)24(28)29)18-2-3-20(32-23(18)25(30)39)15-8-31-36(9-15)13-21(26)27/h2-3,8-9,12,16-17,21,24H,4-7,10-11,13H2,1H3,(H2,30,39). The van der Waals surface area contributed by atoms with Crippen LogP contribution in [0, 0.1) is 0 Å². The monoisotopic (exact) mass is 548 g/mol. The highest BCUT2D eigenvalue weighted by molar-refractivity contribution is 5.98. The molecule has 0 spiro atoms. The normalized spacial score (nSPS) is 17.3. The number of amides is 2. The minimum atomic E-state index is -2.90. The Morgan fingerprint density at radius 2 is 1.77 bits per heavy atom. The number of pyridine rings is 1. The Hall–Kier alpha value is -3.81. The molecule has 2 aliphatic rings. The Labute approximate surface area is 221 Å². The van der Waals surface area contributed by atoms with Crippen LogP contribution >= 0.6 is 0 Å². The van der Waals surface area contributed by atoms with E-state index in [1.807, 2.05) is 4.90 Å². The van der Waals surface area contributed by atoms with Gasteiger partial charge in [-0.2, -0.15) is 10.2 Å². The summed E-state index contributed by atoms with van der Waals surface area (Å²) in [4.78, 5) is 32.2. The minimum absolute atomic E-state index is 0.0551. The van der Waals surface area contributed by atoms with Crippen LogP contribution < -0.4 is 5.73 Å². The lowest BCUT2D eigenvalue weighted by Gasteiger charge is -2.47. The quantitative estimate of drug-likeness (QED) is 0.433. The van der Waals surface area contributed by atoms with Crippen molar-refractivity contribution in [2.45, 2.75) is 51.2 Å². The zero-order chi connectivity index (χ0) is 27.8. The molecule has 5 heterocycles. The molecule has 0 atom stereocenters. The maximum Gasteiger partial charge on any atom is 0.282 e. The van der Waals surface area contributed by atoms with Gasteiger partial charge in [-0.1, -0.05) is 0 Å². The van der Waals surface area contributed by atoms with Gasteiger partial charge in [0.1, 0.15) is 17.9 Å². The highest BCUT2D eigenvalue weighted by atomic mass is 19.3. The second-order valence-corrected chi connectivity index (χ2v) is 9.85. The molecule has 0 saturated carbocycles. The molecule has 0 radical (unpaired) electrons. The number of nitrogens with zero attached hydrogens (tertiary/aromatic N) is 7. The first kappa shape index (κ1) is 26.8. The van der Waals surface area contributed by atoms with Gasteiger partial charge in [-0.25, -0.2) is 22.5 Å². The van der Waals surface area contributed by atoms with Crippen LogP contribution in [0.25, 0.3) is 22.4 Å². The average Bonchev–Trinajstić information content (AvgIpc) is 3.50. The Bertz CT molecular complexity index is 1360. The molecule has 3 aromatic heterocycles. The molecule has 2 saturated heterocycles. The fraction of sp³-hybridized carbons (Fsp3) is 0.480. The lowest BCUT2D eigenvalue weighted by molar-refractivity contribution is -0.130. The molecule has 0 unspecified atom stereocenters. The van der Waals surface area contributed by atoms with Crippen LogP contribution in [0.2, 0.25) is 0 Å². The molecule has 2 fully saturated rings. The van der Waals surface area contributed by atoms with Crippen molar-refractivity contribution in [1.29, 1.82) is 0 Å². The smallest absolute Gasteiger partial charge is 0.282 e. The lowest BCUT2D eigenvalue weighted by Crippen LogP contribution is -2.56. The number of hydrogen-bond acceptors (Lipinski definition) is 6. The number of hydrogen-bond donors (Lipinski definition) is 1. The third kappa shape index (κ3) is 5.51. The van der Waals surface area contributed by atoms with Gasteiger partial charge < -0.3 is 10.6 Å². The number of likely N-dealkylation sites (tertiary alicyclic amines) is 2. The van der Waals surface area contributed by atoms with E-state index in [9.17, 15) is 27.2 Å². The molecule has 10 nitrogen and oxygen atoms in total. The number of halogens is 4. The fourth-order valence-electron chi connectivity index (χ4n) is 5.22. The van der Waals surface area contributed by atoms with E-state index in [1.165, 1.54) is 35.4 Å². The molecule has 2 amide bonds. The first-order chi connectivity index (χ1) is 18.6. The summed E-state index contributed by atoms with van der Waals surface area (Å²) in [5.74, 6) is -0.857. The van der Waals surface area contributed by atoms with Crippen molar-refractivity contribution in [3.05, 3.63) is 42.1 Å². The van der Waals surface area contributed by atoms with Gasteiger partial charge in [-0.3, -0.25) is 23.9 Å². The molecule has 208 valence electrons. The Morgan fingerprint density at radius 1 is 1.05 bits per heavy atom. The van der Waals surface area contributed by atoms with Gasteiger partial charge >= 0.3 is 0 Å². The summed E-state index contributed by atoms with van der Waals surface area (Å²) in [5.41, 5.74) is 5.63. The van der Waals surface area contributed by atoms with E-state index in [0.29, 0.717) is 37.8 Å². The number of primary amides is 1. The zero-order valence-electron chi connectivity index (χ0n) is 21.2. The van der Waals surface area contributed by atoms with Gasteiger partial charge in [0.15, 0.2) is 0 Å². The number of piperidine rings is 1. The molecule has 39 heavy (non-hydrogen) atoms. The fourth-order valence-corrected chi connectivity index (χ4v) is 5.22. The Kier molecular flexibility index (Phi) is 7.38. The van der Waals surface area contributed by atoms with Gasteiger partial charge in [0.25, 0.3) is 18.8 Å². The molecule has 5 rings (SSSR count). The maximum atomic E-state index is 14.0. The zero-order valence-corrected chi connectivity index (χ0v) is 21.2. The number of rotatable bonds is 8. The SMILES string of the molecule is CC(=O)N1CCC(N2CC(n3cc(-c4ccc(-c5cnn(CC(F)F)c5)nc4C(N)=O)c(C(F)F)n3)C2)CC1. The maximum absolute atomic E-state index is 14.0. The molecule has 0 aromatic carbocycles. The molecule has 14 heteroatoms. The molecular formula is C25H28F4N8O2. The highest BCUT2D eigenvalue weighted by Crippen LogP contribution is 2.36. The molecule has 3 aromatic rings. The largest absolute Gasteiger partial charge is 0.364 e. The van der Waals surface area contributed by atoms with Crippen LogP contribution in [-0.2, 0) is 11.3 Å². The third-order valence-electron chi connectivity index (χ3n) is 7.33. The van der Waals surface area contributed by atoms with Crippen LogP contribution in [0.1, 0.15) is 48.4 Å². The second-order valence-electron chi connectivity index (χ2n) is 9.85. The Morgan fingerprint density at radius 3 is 2.38 bits per heavy atom. The van der Waals surface area contributed by atoms with Crippen molar-refractivity contribution in [3.63, 3.8) is 0 Å². The summed E-state index contributed by atoms with van der Waals surface area (Å²) >= 11 is 0. The highest BCUT2D eigenvalue weighted by Gasteiger charge is 2.37. The van der Waals surface area contributed by atoms with Crippen LogP contribution in [0.4, 0.5) is 17.6 Å². The topological polar surface area (TPSA) is 115 Å². The van der Waals surface area contributed by atoms with Crippen molar-refractivity contribution in [3.8, 4) is 22.4 Å². The molecule has 0 aliphatic carbocycles. The number of aromatic nitrogens is 5. The first-order valence-corrected chi connectivity index (χ1v) is 12.6. The van der Waals surface area contributed by atoms with Crippen molar-refractivity contribution in [2.24, 2.45) is 5.73 Å². The van der Waals surface area contributed by atoms with E-state index in [0.717, 1.165) is 17.5 Å². The van der Waals surface area contributed by atoms with E-state index in [1.54, 1.807) is 6.92 Å². The van der Waals surface area contributed by atoms with Gasteiger partial charge in [0.2, 0.25) is 5.91 Å². The summed E-state index contributed by atoms with van der Waals surface area (Å²) < 4.78 is 56.0. The first-order valence-electron chi connectivity index (χ1n) is 12.6. The van der Waals surface area contributed by atoms with Gasteiger partial charge in [-0.05, 0) is 25.0 Å². The van der Waals surface area contributed by atoms with Crippen molar-refractivity contribution in [1.82, 2.24) is 34.3 Å². The predicted octanol–water partition coefficient (Wildman–Crippen LogP) is 2.98. The molecule has 2 N–H and O–H groups in total. The summed E-state index contributed by atoms with van der Waals surface area (Å²) in [6.07, 6.45) is 0.395. The number of carbonyl (C=O) groups excluding carboxylic acids is 2. The van der Waals surface area contributed by atoms with Crippen LogP contribution in [0.15, 0.2) is 30.7 Å². The lowest BCUT2D eigenvalue weighted by atomic mass is 9.97. The van der Waals surface area contributed by atoms with E-state index >= 15 is 0 Å². The minimum Gasteiger partial charge on any atom is -0.364 e. The molecule has 2 aliphatic heterocycles. The number of nitrogens with two attached hydrogens (primary N) is 1. The average molecular weight is 549 g/mol. The van der Waals surface area contributed by atoms with Crippen LogP contribution in [0.3, 0.4) is 0 Å².